The van der Waals surface area contributed by atoms with E-state index in [1.54, 1.807) is 30.3 Å². The van der Waals surface area contributed by atoms with Crippen LogP contribution in [0.2, 0.25) is 0 Å². The summed E-state index contributed by atoms with van der Waals surface area (Å²) in [5.41, 5.74) is 10.7. The van der Waals surface area contributed by atoms with Crippen LogP contribution in [0.5, 0.6) is 0 Å². The van der Waals surface area contributed by atoms with Crippen molar-refractivity contribution < 1.29 is 24.6 Å². The summed E-state index contributed by atoms with van der Waals surface area (Å²) in [6.07, 6.45) is 0.210. The predicted molar refractivity (Wildman–Crippen MR) is 114 cm³/mol. The van der Waals surface area contributed by atoms with Gasteiger partial charge < -0.3 is 37.2 Å². The van der Waals surface area contributed by atoms with E-state index >= 15 is 0 Å². The van der Waals surface area contributed by atoms with Crippen molar-refractivity contribution in [3.63, 3.8) is 0 Å². The molecule has 13 heteroatoms. The smallest absolute Gasteiger partial charge is 0.251 e. The number of carbonyl (C=O) groups is 3. The molecule has 0 aliphatic carbocycles. The SMILES string of the molecule is NC1=NC2[C@H](CN3C(=O)CCC3=O)N=C(N)N3C[C@H](NC(=O)c4ccccc4)C(O)(O)C23N1. The van der Waals surface area contributed by atoms with Gasteiger partial charge in [0.05, 0.1) is 12.6 Å². The van der Waals surface area contributed by atoms with Crippen LogP contribution < -0.4 is 22.1 Å². The third-order valence-electron chi connectivity index (χ3n) is 6.67. The summed E-state index contributed by atoms with van der Waals surface area (Å²) in [5, 5.41) is 28.2. The van der Waals surface area contributed by atoms with Crippen molar-refractivity contribution >= 4 is 29.6 Å². The van der Waals surface area contributed by atoms with E-state index in [2.05, 4.69) is 20.6 Å². The lowest BCUT2D eigenvalue weighted by molar-refractivity contribution is -0.230. The second kappa shape index (κ2) is 7.15. The Morgan fingerprint density at radius 3 is 2.48 bits per heavy atom. The first kappa shape index (κ1) is 21.2. The molecule has 5 rings (SSSR count). The van der Waals surface area contributed by atoms with Crippen molar-refractivity contribution in [2.24, 2.45) is 21.5 Å². The Kier molecular flexibility index (Phi) is 4.58. The van der Waals surface area contributed by atoms with Gasteiger partial charge in [0.2, 0.25) is 17.6 Å². The Bertz CT molecular complexity index is 1070. The van der Waals surface area contributed by atoms with Crippen molar-refractivity contribution in [3.05, 3.63) is 35.9 Å². The van der Waals surface area contributed by atoms with Gasteiger partial charge in [0.25, 0.3) is 5.91 Å². The highest BCUT2D eigenvalue weighted by Gasteiger charge is 2.73. The van der Waals surface area contributed by atoms with E-state index in [0.717, 1.165) is 4.90 Å². The van der Waals surface area contributed by atoms with Gasteiger partial charge in [-0.1, -0.05) is 18.2 Å². The highest BCUT2D eigenvalue weighted by molar-refractivity contribution is 6.02. The van der Waals surface area contributed by atoms with Gasteiger partial charge in [-0.05, 0) is 12.1 Å². The van der Waals surface area contributed by atoms with Crippen LogP contribution in [0.1, 0.15) is 23.2 Å². The molecule has 0 saturated carbocycles. The second-order valence-corrected chi connectivity index (χ2v) is 8.53. The molecule has 4 heterocycles. The minimum atomic E-state index is -2.59. The van der Waals surface area contributed by atoms with E-state index < -0.39 is 35.5 Å². The maximum absolute atomic E-state index is 12.7. The van der Waals surface area contributed by atoms with Crippen LogP contribution in [-0.2, 0) is 9.59 Å². The second-order valence-electron chi connectivity index (χ2n) is 8.53. The van der Waals surface area contributed by atoms with Gasteiger partial charge in [-0.2, -0.15) is 0 Å². The van der Waals surface area contributed by atoms with Gasteiger partial charge in [0, 0.05) is 24.9 Å². The van der Waals surface area contributed by atoms with Crippen LogP contribution in [0, 0.1) is 0 Å². The fourth-order valence-electron chi connectivity index (χ4n) is 5.08. The van der Waals surface area contributed by atoms with E-state index in [1.807, 2.05) is 0 Å². The van der Waals surface area contributed by atoms with Crippen molar-refractivity contribution in [3.8, 4) is 0 Å². The van der Waals surface area contributed by atoms with Crippen LogP contribution in [0.15, 0.2) is 40.3 Å². The molecule has 0 aromatic heterocycles. The molecule has 2 fully saturated rings. The Labute approximate surface area is 188 Å². The van der Waals surface area contributed by atoms with E-state index in [-0.39, 0.29) is 49.7 Å². The van der Waals surface area contributed by atoms with Crippen LogP contribution in [0.25, 0.3) is 0 Å². The number of nitrogens with one attached hydrogen (secondary N) is 2. The number of carbonyl (C=O) groups excluding carboxylic acids is 3. The van der Waals surface area contributed by atoms with E-state index in [0.29, 0.717) is 5.56 Å². The zero-order valence-electron chi connectivity index (χ0n) is 17.5. The zero-order chi connectivity index (χ0) is 23.5. The number of aliphatic hydroxyl groups is 2. The minimum Gasteiger partial charge on any atom is -0.370 e. The number of amides is 3. The highest BCUT2D eigenvalue weighted by atomic mass is 16.5. The van der Waals surface area contributed by atoms with Gasteiger partial charge in [-0.25, -0.2) is 9.98 Å². The van der Waals surface area contributed by atoms with Gasteiger partial charge in [-0.15, -0.1) is 0 Å². The van der Waals surface area contributed by atoms with Gasteiger partial charge in [-0.3, -0.25) is 19.3 Å². The number of rotatable bonds is 4. The molecule has 4 atom stereocenters. The normalized spacial score (nSPS) is 32.1. The number of nitrogens with two attached hydrogens (primary N) is 2. The number of aliphatic imine (C=N–C) groups is 2. The van der Waals surface area contributed by atoms with Crippen molar-refractivity contribution in [2.75, 3.05) is 13.1 Å². The third kappa shape index (κ3) is 2.96. The molecule has 2 unspecified atom stereocenters. The summed E-state index contributed by atoms with van der Waals surface area (Å²) in [4.78, 5) is 48.2. The first-order valence-corrected chi connectivity index (χ1v) is 10.5. The zero-order valence-corrected chi connectivity index (χ0v) is 17.5. The average Bonchev–Trinajstić information content (AvgIpc) is 3.37. The number of imide groups is 1. The molecule has 174 valence electrons. The summed E-state index contributed by atoms with van der Waals surface area (Å²) in [5.74, 6) is -3.92. The lowest BCUT2D eigenvalue weighted by Crippen LogP contribution is -2.78. The molecule has 33 heavy (non-hydrogen) atoms. The molecule has 4 aliphatic heterocycles. The summed E-state index contributed by atoms with van der Waals surface area (Å²) < 4.78 is 0. The van der Waals surface area contributed by atoms with E-state index in [4.69, 9.17) is 11.5 Å². The Morgan fingerprint density at radius 1 is 1.15 bits per heavy atom. The molecule has 3 amide bonds. The molecule has 8 N–H and O–H groups in total. The number of guanidine groups is 2. The van der Waals surface area contributed by atoms with Crippen LogP contribution in [0.3, 0.4) is 0 Å². The Hall–Kier alpha value is -3.71. The molecule has 0 bridgehead atoms. The number of hydrogen-bond donors (Lipinski definition) is 6. The number of benzene rings is 1. The topological polar surface area (TPSA) is 199 Å². The first-order valence-electron chi connectivity index (χ1n) is 10.5. The molecular weight excluding hydrogens is 432 g/mol. The molecule has 0 radical (unpaired) electrons. The Balaban J connectivity index is 1.48. The van der Waals surface area contributed by atoms with E-state index in [9.17, 15) is 24.6 Å². The number of hydrogen-bond acceptors (Lipinski definition) is 11. The molecule has 13 nitrogen and oxygen atoms in total. The quantitative estimate of drug-likeness (QED) is 0.197. The van der Waals surface area contributed by atoms with Gasteiger partial charge in [0.15, 0.2) is 17.6 Å². The number of likely N-dealkylation sites (tertiary alicyclic amines) is 1. The molecular formula is C20H24N8O5. The summed E-state index contributed by atoms with van der Waals surface area (Å²) in [6, 6.07) is 5.27. The van der Waals surface area contributed by atoms with Crippen LogP contribution >= 0.6 is 0 Å². The standard InChI is InChI=1S/C20H24N8O5/c21-17-25-15-11(8-27-13(29)6-7-14(27)30)23-18(22)28-9-12(20(32,33)19(15,28)26-17)24-16(31)10-4-2-1-3-5-10/h1-5,11-12,15,32-33H,6-9H2,(H2,22,23)(H,24,31)(H3,21,25,26)/t11-,12-,15?,19?/m0/s1. The number of nitrogens with zero attached hydrogens (tertiary/aromatic N) is 4. The van der Waals surface area contributed by atoms with Crippen molar-refractivity contribution in [2.45, 2.75) is 42.4 Å². The predicted octanol–water partition coefficient (Wildman–Crippen LogP) is -3.39. The molecule has 1 aromatic rings. The lowest BCUT2D eigenvalue weighted by atomic mass is 9.84. The molecule has 1 aromatic carbocycles. The van der Waals surface area contributed by atoms with Crippen LogP contribution in [-0.4, -0.2) is 92.3 Å². The van der Waals surface area contributed by atoms with E-state index in [1.165, 1.54) is 4.90 Å². The maximum Gasteiger partial charge on any atom is 0.251 e. The molecule has 4 aliphatic rings. The summed E-state index contributed by atoms with van der Waals surface area (Å²) >= 11 is 0. The summed E-state index contributed by atoms with van der Waals surface area (Å²) in [6.45, 7) is -0.226. The fourth-order valence-corrected chi connectivity index (χ4v) is 5.08. The molecule has 2 saturated heterocycles. The van der Waals surface area contributed by atoms with Gasteiger partial charge in [0.1, 0.15) is 12.1 Å². The van der Waals surface area contributed by atoms with Gasteiger partial charge >= 0.3 is 0 Å². The van der Waals surface area contributed by atoms with Crippen molar-refractivity contribution in [1.29, 1.82) is 0 Å². The monoisotopic (exact) mass is 456 g/mol. The highest BCUT2D eigenvalue weighted by Crippen LogP contribution is 2.45. The summed E-state index contributed by atoms with van der Waals surface area (Å²) in [7, 11) is 0. The largest absolute Gasteiger partial charge is 0.370 e. The Morgan fingerprint density at radius 2 is 1.82 bits per heavy atom. The lowest BCUT2D eigenvalue weighted by Gasteiger charge is -2.49. The van der Waals surface area contributed by atoms with Crippen molar-refractivity contribution in [1.82, 2.24) is 20.4 Å². The minimum absolute atomic E-state index is 0.0586. The average molecular weight is 456 g/mol. The molecule has 1 spiro atoms. The fraction of sp³-hybridized carbons (Fsp3) is 0.450. The maximum atomic E-state index is 12.7. The van der Waals surface area contributed by atoms with Crippen LogP contribution in [0.4, 0.5) is 0 Å². The first-order chi connectivity index (χ1) is 15.6. The third-order valence-corrected chi connectivity index (χ3v) is 6.67.